The first-order chi connectivity index (χ1) is 11.3. The van der Waals surface area contributed by atoms with Crippen molar-refractivity contribution < 1.29 is 9.84 Å². The highest BCUT2D eigenvalue weighted by Crippen LogP contribution is 2.38. The van der Waals surface area contributed by atoms with Crippen molar-refractivity contribution >= 4 is 23.2 Å². The molecule has 2 fully saturated rings. The Kier molecular flexibility index (Phi) is 5.65. The Hall–Kier alpha value is -0.480. The summed E-state index contributed by atoms with van der Waals surface area (Å²) in [5, 5.41) is 11.1. The lowest BCUT2D eigenvalue weighted by Crippen LogP contribution is -2.48. The molecule has 3 nitrogen and oxygen atoms in total. The number of piperidine rings is 1. The molecule has 2 saturated heterocycles. The molecule has 0 spiro atoms. The molecular weight excluding hydrogens is 345 g/mol. The lowest BCUT2D eigenvalue weighted by Gasteiger charge is -2.41. The summed E-state index contributed by atoms with van der Waals surface area (Å²) < 4.78 is 5.85. The van der Waals surface area contributed by atoms with Crippen LogP contribution < -0.4 is 4.74 Å². The second-order valence-corrected chi connectivity index (χ2v) is 8.86. The van der Waals surface area contributed by atoms with Crippen LogP contribution in [0, 0.1) is 5.41 Å². The van der Waals surface area contributed by atoms with E-state index in [0.717, 1.165) is 25.8 Å². The van der Waals surface area contributed by atoms with Crippen LogP contribution in [-0.2, 0) is 0 Å². The lowest BCUT2D eigenvalue weighted by atomic mass is 9.87. The molecule has 0 aliphatic carbocycles. The van der Waals surface area contributed by atoms with E-state index in [1.165, 1.54) is 12.8 Å². The summed E-state index contributed by atoms with van der Waals surface area (Å²) in [5.74, 6) is 0.693. The van der Waals surface area contributed by atoms with Gasteiger partial charge in [0, 0.05) is 23.7 Å². The number of hydrogen-bond donors (Lipinski definition) is 1. The van der Waals surface area contributed by atoms with E-state index in [4.69, 9.17) is 27.9 Å². The zero-order valence-electron chi connectivity index (χ0n) is 14.5. The Bertz CT molecular complexity index is 564. The summed E-state index contributed by atoms with van der Waals surface area (Å²) >= 11 is 12.1. The standard InChI is InChI=1S/C19H27Cl2NO2/c1-19(2,7-8-24-18-6-3-13(20)9-17(18)21)12-22-14-4-5-15(22)11-16(23)10-14/h3,6,9,14-16,23H,4-5,7-8,10-12H2,1-2H3. The Morgan fingerprint density at radius 2 is 1.88 bits per heavy atom. The van der Waals surface area contributed by atoms with Gasteiger partial charge in [-0.05, 0) is 55.7 Å². The lowest BCUT2D eigenvalue weighted by molar-refractivity contribution is 0.0121. The fraction of sp³-hybridized carbons (Fsp3) is 0.684. The van der Waals surface area contributed by atoms with Gasteiger partial charge in [-0.3, -0.25) is 4.90 Å². The van der Waals surface area contributed by atoms with E-state index in [1.807, 2.05) is 6.07 Å². The zero-order valence-corrected chi connectivity index (χ0v) is 16.0. The van der Waals surface area contributed by atoms with Crippen LogP contribution in [0.1, 0.15) is 46.0 Å². The minimum atomic E-state index is -0.0998. The first kappa shape index (κ1) is 18.3. The molecular formula is C19H27Cl2NO2. The van der Waals surface area contributed by atoms with Crippen LogP contribution in [0.15, 0.2) is 18.2 Å². The van der Waals surface area contributed by atoms with Gasteiger partial charge in [0.15, 0.2) is 0 Å². The van der Waals surface area contributed by atoms with Crippen LogP contribution in [0.4, 0.5) is 0 Å². The van der Waals surface area contributed by atoms with Crippen LogP contribution in [0.25, 0.3) is 0 Å². The van der Waals surface area contributed by atoms with Crippen molar-refractivity contribution in [2.24, 2.45) is 5.41 Å². The van der Waals surface area contributed by atoms with E-state index in [-0.39, 0.29) is 11.5 Å². The van der Waals surface area contributed by atoms with Gasteiger partial charge >= 0.3 is 0 Å². The van der Waals surface area contributed by atoms with E-state index >= 15 is 0 Å². The highest BCUT2D eigenvalue weighted by molar-refractivity contribution is 6.35. The normalized spacial score (nSPS) is 27.5. The Morgan fingerprint density at radius 1 is 1.21 bits per heavy atom. The fourth-order valence-electron chi connectivity index (χ4n) is 4.11. The van der Waals surface area contributed by atoms with Crippen molar-refractivity contribution in [2.45, 2.75) is 64.1 Å². The van der Waals surface area contributed by atoms with E-state index < -0.39 is 0 Å². The van der Waals surface area contributed by atoms with Crippen molar-refractivity contribution in [2.75, 3.05) is 13.2 Å². The molecule has 3 rings (SSSR count). The average molecular weight is 372 g/mol. The van der Waals surface area contributed by atoms with Gasteiger partial charge in [-0.15, -0.1) is 0 Å². The van der Waals surface area contributed by atoms with Crippen LogP contribution in [-0.4, -0.2) is 41.3 Å². The van der Waals surface area contributed by atoms with Gasteiger partial charge in [0.25, 0.3) is 0 Å². The molecule has 0 saturated carbocycles. The molecule has 0 radical (unpaired) electrons. The fourth-order valence-corrected chi connectivity index (χ4v) is 4.57. The molecule has 0 amide bonds. The molecule has 134 valence electrons. The number of aliphatic hydroxyl groups is 1. The predicted octanol–water partition coefficient (Wildman–Crippen LogP) is 4.78. The quantitative estimate of drug-likeness (QED) is 0.780. The molecule has 24 heavy (non-hydrogen) atoms. The number of aliphatic hydroxyl groups excluding tert-OH is 1. The highest BCUT2D eigenvalue weighted by atomic mass is 35.5. The van der Waals surface area contributed by atoms with Gasteiger partial charge in [-0.25, -0.2) is 0 Å². The first-order valence-corrected chi connectivity index (χ1v) is 9.61. The van der Waals surface area contributed by atoms with E-state index in [0.29, 0.717) is 34.5 Å². The third-order valence-electron chi connectivity index (χ3n) is 5.40. The third-order valence-corrected chi connectivity index (χ3v) is 5.93. The summed E-state index contributed by atoms with van der Waals surface area (Å²) in [6, 6.07) is 6.45. The van der Waals surface area contributed by atoms with Gasteiger partial charge in [0.1, 0.15) is 5.75 Å². The summed E-state index contributed by atoms with van der Waals surface area (Å²) in [6.07, 6.45) is 5.19. The number of benzene rings is 1. The molecule has 2 heterocycles. The molecule has 0 aromatic heterocycles. The summed E-state index contributed by atoms with van der Waals surface area (Å²) in [7, 11) is 0. The van der Waals surface area contributed by atoms with Gasteiger partial charge in [-0.2, -0.15) is 0 Å². The van der Waals surface area contributed by atoms with Crippen LogP contribution in [0.5, 0.6) is 5.75 Å². The predicted molar refractivity (Wildman–Crippen MR) is 99.1 cm³/mol. The number of hydrogen-bond acceptors (Lipinski definition) is 3. The van der Waals surface area contributed by atoms with Gasteiger partial charge in [0.2, 0.25) is 0 Å². The van der Waals surface area contributed by atoms with E-state index in [9.17, 15) is 5.11 Å². The zero-order chi connectivity index (χ0) is 17.3. The minimum Gasteiger partial charge on any atom is -0.492 e. The van der Waals surface area contributed by atoms with Crippen LogP contribution >= 0.6 is 23.2 Å². The molecule has 2 aliphatic heterocycles. The van der Waals surface area contributed by atoms with Crippen molar-refractivity contribution in [1.82, 2.24) is 4.90 Å². The molecule has 5 heteroatoms. The second kappa shape index (κ2) is 7.41. The maximum Gasteiger partial charge on any atom is 0.137 e. The monoisotopic (exact) mass is 371 g/mol. The summed E-state index contributed by atoms with van der Waals surface area (Å²) in [4.78, 5) is 2.63. The number of ether oxygens (including phenoxy) is 1. The first-order valence-electron chi connectivity index (χ1n) is 8.86. The van der Waals surface area contributed by atoms with Crippen molar-refractivity contribution in [3.05, 3.63) is 28.2 Å². The topological polar surface area (TPSA) is 32.7 Å². The SMILES string of the molecule is CC(C)(CCOc1ccc(Cl)cc1Cl)CN1C2CCC1CC(O)C2. The minimum absolute atomic E-state index is 0.0998. The van der Waals surface area contributed by atoms with E-state index in [1.54, 1.807) is 12.1 Å². The average Bonchev–Trinajstić information content (AvgIpc) is 2.72. The largest absolute Gasteiger partial charge is 0.492 e. The van der Waals surface area contributed by atoms with Gasteiger partial charge in [-0.1, -0.05) is 37.0 Å². The number of nitrogens with zero attached hydrogens (tertiary/aromatic N) is 1. The van der Waals surface area contributed by atoms with Crippen molar-refractivity contribution in [3.8, 4) is 5.75 Å². The van der Waals surface area contributed by atoms with Crippen LogP contribution in [0.3, 0.4) is 0 Å². The maximum atomic E-state index is 9.95. The number of fused-ring (bicyclic) bond motifs is 2. The summed E-state index contributed by atoms with van der Waals surface area (Å²) in [5.41, 5.74) is 0.169. The Balaban J connectivity index is 1.51. The third kappa shape index (κ3) is 4.37. The number of halogens is 2. The molecule has 1 aromatic rings. The molecule has 2 unspecified atom stereocenters. The Morgan fingerprint density at radius 3 is 2.50 bits per heavy atom. The number of rotatable bonds is 6. The van der Waals surface area contributed by atoms with Gasteiger partial charge in [0.05, 0.1) is 17.7 Å². The van der Waals surface area contributed by atoms with Crippen molar-refractivity contribution in [1.29, 1.82) is 0 Å². The van der Waals surface area contributed by atoms with E-state index in [2.05, 4.69) is 18.7 Å². The Labute approximate surface area is 154 Å². The van der Waals surface area contributed by atoms with Gasteiger partial charge < -0.3 is 9.84 Å². The summed E-state index contributed by atoms with van der Waals surface area (Å²) in [6.45, 7) is 6.29. The molecule has 1 aromatic carbocycles. The highest BCUT2D eigenvalue weighted by Gasteiger charge is 2.41. The molecule has 2 bridgehead atoms. The molecule has 2 aliphatic rings. The smallest absolute Gasteiger partial charge is 0.137 e. The maximum absolute atomic E-state index is 9.95. The second-order valence-electron chi connectivity index (χ2n) is 8.02. The molecule has 1 N–H and O–H groups in total. The molecule has 2 atom stereocenters. The van der Waals surface area contributed by atoms with Crippen LogP contribution in [0.2, 0.25) is 10.0 Å². The van der Waals surface area contributed by atoms with Crippen molar-refractivity contribution in [3.63, 3.8) is 0 Å².